The molecule has 116 valence electrons. The number of carbonyl (C=O) groups excluding carboxylic acids is 1. The van der Waals surface area contributed by atoms with Crippen molar-refractivity contribution in [3.8, 4) is 0 Å². The van der Waals surface area contributed by atoms with Crippen LogP contribution in [-0.4, -0.2) is 54.0 Å². The number of hydrogen-bond acceptors (Lipinski definition) is 5. The molecule has 1 heterocycles. The largest absolute Gasteiger partial charge is 0.409 e. The third-order valence-electron chi connectivity index (χ3n) is 2.87. The number of hydrogen-bond donors (Lipinski definition) is 3. The smallest absolute Gasteiger partial charge is 0.269 e. The second-order valence-electron chi connectivity index (χ2n) is 6.00. The van der Waals surface area contributed by atoms with E-state index in [0.29, 0.717) is 17.8 Å². The zero-order valence-electron chi connectivity index (χ0n) is 12.9. The molecule has 0 unspecified atom stereocenters. The summed E-state index contributed by atoms with van der Waals surface area (Å²) in [5.74, 6) is -0.283. The maximum Gasteiger partial charge on any atom is 0.269 e. The number of nitrogens with two attached hydrogens (primary N) is 1. The Balaban J connectivity index is 2.64. The summed E-state index contributed by atoms with van der Waals surface area (Å²) in [4.78, 5) is 18.1. The highest BCUT2D eigenvalue weighted by atomic mass is 16.4. The van der Waals surface area contributed by atoms with Crippen LogP contribution in [0.1, 0.15) is 29.9 Å². The van der Waals surface area contributed by atoms with E-state index in [-0.39, 0.29) is 17.2 Å². The van der Waals surface area contributed by atoms with Crippen LogP contribution < -0.4 is 11.1 Å². The molecule has 0 aliphatic rings. The second kappa shape index (κ2) is 7.03. The highest BCUT2D eigenvalue weighted by Gasteiger charge is 2.20. The number of nitrogens with zero attached hydrogens (tertiary/aromatic N) is 3. The van der Waals surface area contributed by atoms with Crippen LogP contribution >= 0.6 is 0 Å². The van der Waals surface area contributed by atoms with Gasteiger partial charge in [-0.1, -0.05) is 19.0 Å². The van der Waals surface area contributed by atoms with Crippen molar-refractivity contribution in [1.82, 2.24) is 15.2 Å². The first-order valence-electron chi connectivity index (χ1n) is 6.62. The van der Waals surface area contributed by atoms with Crippen molar-refractivity contribution in [3.63, 3.8) is 0 Å². The molecule has 1 rings (SSSR count). The molecule has 0 aliphatic heterocycles. The Morgan fingerprint density at radius 3 is 2.62 bits per heavy atom. The van der Waals surface area contributed by atoms with Gasteiger partial charge in [-0.25, -0.2) is 0 Å². The van der Waals surface area contributed by atoms with Crippen LogP contribution in [0.2, 0.25) is 0 Å². The standard InChI is InChI=1S/C14H23N5O2/c1-14(2,9-19(3)4)8-17-13(20)11-6-5-10(7-16-11)12(15)18-21/h5-7,21H,8-9H2,1-4H3,(H2,15,18)(H,17,20). The summed E-state index contributed by atoms with van der Waals surface area (Å²) in [7, 11) is 3.99. The van der Waals surface area contributed by atoms with Crippen LogP contribution in [0.25, 0.3) is 0 Å². The molecule has 0 radical (unpaired) electrons. The fraction of sp³-hybridized carbons (Fsp3) is 0.500. The van der Waals surface area contributed by atoms with Gasteiger partial charge in [-0.15, -0.1) is 0 Å². The molecule has 0 bridgehead atoms. The fourth-order valence-electron chi connectivity index (χ4n) is 2.06. The van der Waals surface area contributed by atoms with Crippen LogP contribution in [0.5, 0.6) is 0 Å². The van der Waals surface area contributed by atoms with Crippen molar-refractivity contribution in [1.29, 1.82) is 0 Å². The second-order valence-corrected chi connectivity index (χ2v) is 6.00. The number of pyridine rings is 1. The number of rotatable bonds is 6. The van der Waals surface area contributed by atoms with Crippen LogP contribution in [0.3, 0.4) is 0 Å². The van der Waals surface area contributed by atoms with Gasteiger partial charge in [-0.3, -0.25) is 9.78 Å². The molecule has 1 amide bonds. The lowest BCUT2D eigenvalue weighted by molar-refractivity contribution is 0.0924. The Kier molecular flexibility index (Phi) is 5.66. The number of amides is 1. The zero-order chi connectivity index (χ0) is 16.0. The van der Waals surface area contributed by atoms with Gasteiger partial charge in [-0.2, -0.15) is 0 Å². The molecule has 7 heteroatoms. The summed E-state index contributed by atoms with van der Waals surface area (Å²) in [5.41, 5.74) is 6.16. The number of oxime groups is 1. The lowest BCUT2D eigenvalue weighted by atomic mass is 9.93. The summed E-state index contributed by atoms with van der Waals surface area (Å²) >= 11 is 0. The molecule has 1 aromatic heterocycles. The normalized spacial score (nSPS) is 12.5. The Morgan fingerprint density at radius 1 is 1.48 bits per heavy atom. The van der Waals surface area contributed by atoms with Crippen molar-refractivity contribution in [2.75, 3.05) is 27.2 Å². The van der Waals surface area contributed by atoms with Gasteiger partial charge < -0.3 is 21.2 Å². The molecular weight excluding hydrogens is 270 g/mol. The molecule has 0 spiro atoms. The predicted molar refractivity (Wildman–Crippen MR) is 81.4 cm³/mol. The molecule has 0 aliphatic carbocycles. The Morgan fingerprint density at radius 2 is 2.14 bits per heavy atom. The van der Waals surface area contributed by atoms with Gasteiger partial charge in [0.1, 0.15) is 5.69 Å². The van der Waals surface area contributed by atoms with Crippen LogP contribution in [0.15, 0.2) is 23.5 Å². The van der Waals surface area contributed by atoms with Crippen LogP contribution in [0, 0.1) is 5.41 Å². The SMILES string of the molecule is CN(C)CC(C)(C)CNC(=O)c1ccc(C(N)=NO)cn1. The number of amidine groups is 1. The highest BCUT2D eigenvalue weighted by Crippen LogP contribution is 2.14. The molecule has 0 aromatic carbocycles. The molecule has 0 saturated heterocycles. The number of aromatic nitrogens is 1. The topological polar surface area (TPSA) is 104 Å². The van der Waals surface area contributed by atoms with E-state index in [2.05, 4.69) is 34.2 Å². The molecule has 0 saturated carbocycles. The summed E-state index contributed by atoms with van der Waals surface area (Å²) in [6, 6.07) is 3.13. The first-order chi connectivity index (χ1) is 9.75. The number of nitrogens with one attached hydrogen (secondary N) is 1. The Labute approximate surface area is 124 Å². The highest BCUT2D eigenvalue weighted by molar-refractivity contribution is 5.98. The van der Waals surface area contributed by atoms with E-state index < -0.39 is 0 Å². The summed E-state index contributed by atoms with van der Waals surface area (Å²) in [6.07, 6.45) is 1.40. The van der Waals surface area contributed by atoms with Gasteiger partial charge in [0.15, 0.2) is 5.84 Å². The third kappa shape index (κ3) is 5.39. The molecule has 0 atom stereocenters. The van der Waals surface area contributed by atoms with Gasteiger partial charge in [0, 0.05) is 24.8 Å². The van der Waals surface area contributed by atoms with Crippen molar-refractivity contribution in [2.24, 2.45) is 16.3 Å². The summed E-state index contributed by atoms with van der Waals surface area (Å²) in [6.45, 7) is 5.58. The predicted octanol–water partition coefficient (Wildman–Crippen LogP) is 0.494. The van der Waals surface area contributed by atoms with E-state index >= 15 is 0 Å². The van der Waals surface area contributed by atoms with Crippen molar-refractivity contribution >= 4 is 11.7 Å². The minimum atomic E-state index is -0.243. The first-order valence-corrected chi connectivity index (χ1v) is 6.62. The van der Waals surface area contributed by atoms with E-state index in [0.717, 1.165) is 6.54 Å². The van der Waals surface area contributed by atoms with Crippen molar-refractivity contribution in [2.45, 2.75) is 13.8 Å². The van der Waals surface area contributed by atoms with Gasteiger partial charge >= 0.3 is 0 Å². The molecular formula is C14H23N5O2. The van der Waals surface area contributed by atoms with Gasteiger partial charge in [0.2, 0.25) is 0 Å². The Hall–Kier alpha value is -2.15. The molecule has 4 N–H and O–H groups in total. The van der Waals surface area contributed by atoms with E-state index in [1.165, 1.54) is 6.20 Å². The zero-order valence-corrected chi connectivity index (χ0v) is 12.9. The van der Waals surface area contributed by atoms with E-state index in [4.69, 9.17) is 10.9 Å². The van der Waals surface area contributed by atoms with Crippen LogP contribution in [0.4, 0.5) is 0 Å². The first kappa shape index (κ1) is 16.9. The Bertz CT molecular complexity index is 509. The third-order valence-corrected chi connectivity index (χ3v) is 2.87. The van der Waals surface area contributed by atoms with E-state index in [1.54, 1.807) is 12.1 Å². The minimum absolute atomic E-state index is 0.0346. The van der Waals surface area contributed by atoms with Gasteiger partial charge in [0.05, 0.1) is 0 Å². The number of carbonyl (C=O) groups is 1. The molecule has 1 aromatic rings. The van der Waals surface area contributed by atoms with E-state index in [9.17, 15) is 4.79 Å². The quantitative estimate of drug-likeness (QED) is 0.306. The molecule has 0 fully saturated rings. The maximum absolute atomic E-state index is 12.0. The monoisotopic (exact) mass is 293 g/mol. The molecule has 21 heavy (non-hydrogen) atoms. The minimum Gasteiger partial charge on any atom is -0.409 e. The lowest BCUT2D eigenvalue weighted by Crippen LogP contribution is -2.40. The average molecular weight is 293 g/mol. The van der Waals surface area contributed by atoms with Crippen molar-refractivity contribution < 1.29 is 10.0 Å². The van der Waals surface area contributed by atoms with Crippen molar-refractivity contribution in [3.05, 3.63) is 29.6 Å². The molecule has 7 nitrogen and oxygen atoms in total. The van der Waals surface area contributed by atoms with Gasteiger partial charge in [-0.05, 0) is 31.6 Å². The average Bonchev–Trinajstić information content (AvgIpc) is 2.43. The van der Waals surface area contributed by atoms with Gasteiger partial charge in [0.25, 0.3) is 5.91 Å². The summed E-state index contributed by atoms with van der Waals surface area (Å²) in [5, 5.41) is 14.3. The summed E-state index contributed by atoms with van der Waals surface area (Å²) < 4.78 is 0. The van der Waals surface area contributed by atoms with Crippen LogP contribution in [-0.2, 0) is 0 Å². The maximum atomic E-state index is 12.0. The van der Waals surface area contributed by atoms with E-state index in [1.807, 2.05) is 14.1 Å². The lowest BCUT2D eigenvalue weighted by Gasteiger charge is -2.28. The fourth-order valence-corrected chi connectivity index (χ4v) is 2.06.